The van der Waals surface area contributed by atoms with E-state index < -0.39 is 17.6 Å². The lowest BCUT2D eigenvalue weighted by molar-refractivity contribution is -0.137. The summed E-state index contributed by atoms with van der Waals surface area (Å²) in [5.41, 5.74) is -0.150. The van der Waals surface area contributed by atoms with Gasteiger partial charge in [-0.3, -0.25) is 4.79 Å². The fraction of sp³-hybridized carbons (Fsp3) is 0.125. The normalized spacial score (nSPS) is 11.9. The highest BCUT2D eigenvalue weighted by atomic mass is 32.1. The van der Waals surface area contributed by atoms with Crippen LogP contribution in [0.4, 0.5) is 18.9 Å². The first kappa shape index (κ1) is 16.8. The van der Waals surface area contributed by atoms with Crippen LogP contribution < -0.4 is 5.32 Å². The van der Waals surface area contributed by atoms with Gasteiger partial charge < -0.3 is 5.32 Å². The van der Waals surface area contributed by atoms with E-state index in [0.29, 0.717) is 0 Å². The van der Waals surface area contributed by atoms with Crippen LogP contribution in [-0.2, 0) is 11.0 Å². The van der Waals surface area contributed by atoms with Gasteiger partial charge in [-0.1, -0.05) is 6.07 Å². The van der Waals surface area contributed by atoms with Gasteiger partial charge >= 0.3 is 6.18 Å². The second-order valence-corrected chi connectivity index (χ2v) is 5.62. The average molecular weight is 336 g/mol. The number of rotatable bonds is 3. The molecular weight excluding hydrogens is 325 g/mol. The number of halogens is 3. The third-order valence-corrected chi connectivity index (χ3v) is 3.96. The Morgan fingerprint density at radius 1 is 1.35 bits per heavy atom. The van der Waals surface area contributed by atoms with Crippen molar-refractivity contribution in [3.8, 4) is 6.07 Å². The number of aryl methyl sites for hydroxylation is 1. The Kier molecular flexibility index (Phi) is 4.86. The monoisotopic (exact) mass is 336 g/mol. The number of carbonyl (C=O) groups is 1. The van der Waals surface area contributed by atoms with Gasteiger partial charge in [-0.05, 0) is 48.2 Å². The number of thiophene rings is 1. The van der Waals surface area contributed by atoms with E-state index in [-0.39, 0.29) is 11.3 Å². The van der Waals surface area contributed by atoms with Crippen molar-refractivity contribution in [2.75, 3.05) is 5.32 Å². The Bertz CT molecular complexity index is 800. The van der Waals surface area contributed by atoms with Gasteiger partial charge in [0.2, 0.25) is 0 Å². The summed E-state index contributed by atoms with van der Waals surface area (Å²) in [7, 11) is 0. The summed E-state index contributed by atoms with van der Waals surface area (Å²) >= 11 is 1.37. The van der Waals surface area contributed by atoms with Gasteiger partial charge in [-0.2, -0.15) is 18.4 Å². The maximum atomic E-state index is 12.7. The number of nitriles is 1. The van der Waals surface area contributed by atoms with Crippen molar-refractivity contribution in [1.29, 1.82) is 5.26 Å². The highest BCUT2D eigenvalue weighted by Crippen LogP contribution is 2.30. The molecule has 0 bridgehead atoms. The molecule has 0 saturated heterocycles. The van der Waals surface area contributed by atoms with Gasteiger partial charge in [0, 0.05) is 10.6 Å². The van der Waals surface area contributed by atoms with Crippen LogP contribution in [0, 0.1) is 18.3 Å². The fourth-order valence-electron chi connectivity index (χ4n) is 1.78. The zero-order chi connectivity index (χ0) is 17.0. The van der Waals surface area contributed by atoms with E-state index in [1.165, 1.54) is 29.5 Å². The Morgan fingerprint density at radius 2 is 2.09 bits per heavy atom. The number of alkyl halides is 3. The second-order valence-electron chi connectivity index (χ2n) is 4.67. The van der Waals surface area contributed by atoms with Crippen molar-refractivity contribution in [2.45, 2.75) is 13.1 Å². The van der Waals surface area contributed by atoms with E-state index in [9.17, 15) is 18.0 Å². The molecule has 1 aromatic carbocycles. The minimum absolute atomic E-state index is 0.0196. The van der Waals surface area contributed by atoms with Crippen molar-refractivity contribution in [2.24, 2.45) is 0 Å². The molecule has 2 aromatic rings. The van der Waals surface area contributed by atoms with Crippen LogP contribution in [0.25, 0.3) is 6.08 Å². The first-order chi connectivity index (χ1) is 10.8. The van der Waals surface area contributed by atoms with Crippen molar-refractivity contribution in [3.05, 3.63) is 57.3 Å². The molecule has 23 heavy (non-hydrogen) atoms. The second kappa shape index (κ2) is 6.67. The molecule has 7 heteroatoms. The van der Waals surface area contributed by atoms with Gasteiger partial charge in [0.05, 0.1) is 5.56 Å². The Labute approximate surface area is 134 Å². The number of amides is 1. The third-order valence-electron chi connectivity index (χ3n) is 2.99. The minimum atomic E-state index is -4.50. The van der Waals surface area contributed by atoms with Gasteiger partial charge in [-0.25, -0.2) is 0 Å². The summed E-state index contributed by atoms with van der Waals surface area (Å²) in [5, 5.41) is 13.2. The molecule has 1 amide bonds. The molecule has 0 aliphatic carbocycles. The molecule has 0 atom stereocenters. The lowest BCUT2D eigenvalue weighted by atomic mass is 10.1. The molecule has 0 spiro atoms. The van der Waals surface area contributed by atoms with Gasteiger partial charge in [0.25, 0.3) is 5.91 Å². The van der Waals surface area contributed by atoms with Crippen LogP contribution in [0.5, 0.6) is 0 Å². The molecular formula is C16H11F3N2OS. The number of nitrogens with zero attached hydrogens (tertiary/aromatic N) is 1. The number of anilines is 1. The van der Waals surface area contributed by atoms with E-state index in [0.717, 1.165) is 22.6 Å². The van der Waals surface area contributed by atoms with Crippen LogP contribution in [0.1, 0.15) is 16.0 Å². The molecule has 0 unspecified atom stereocenters. The number of hydrogen-bond donors (Lipinski definition) is 1. The quantitative estimate of drug-likeness (QED) is 0.657. The van der Waals surface area contributed by atoms with Crippen LogP contribution in [-0.4, -0.2) is 5.91 Å². The standard InChI is InChI=1S/C16H11F3N2OS/c1-10-5-6-23-14(10)7-11(9-20)15(22)21-13-4-2-3-12(8-13)16(17,18)19/h2-8H,1H3,(H,21,22)/b11-7+. The average Bonchev–Trinajstić information content (AvgIpc) is 2.89. The molecule has 118 valence electrons. The largest absolute Gasteiger partial charge is 0.416 e. The molecule has 1 aromatic heterocycles. The molecule has 0 aliphatic heterocycles. The molecule has 1 N–H and O–H groups in total. The number of nitrogens with one attached hydrogen (secondary N) is 1. The first-order valence-corrected chi connectivity index (χ1v) is 7.33. The first-order valence-electron chi connectivity index (χ1n) is 6.46. The summed E-state index contributed by atoms with van der Waals surface area (Å²) in [4.78, 5) is 12.8. The van der Waals surface area contributed by atoms with E-state index in [1.807, 2.05) is 18.4 Å². The third kappa shape index (κ3) is 4.20. The summed E-state index contributed by atoms with van der Waals surface area (Å²) in [5.74, 6) is -0.750. The maximum absolute atomic E-state index is 12.7. The molecule has 0 fully saturated rings. The summed E-state index contributed by atoms with van der Waals surface area (Å²) < 4.78 is 38.0. The Morgan fingerprint density at radius 3 is 2.65 bits per heavy atom. The summed E-state index contributed by atoms with van der Waals surface area (Å²) in [6, 6.07) is 7.86. The van der Waals surface area contributed by atoms with E-state index in [4.69, 9.17) is 5.26 Å². The van der Waals surface area contributed by atoms with Crippen molar-refractivity contribution in [3.63, 3.8) is 0 Å². The zero-order valence-electron chi connectivity index (χ0n) is 11.9. The number of benzene rings is 1. The number of carbonyl (C=O) groups excluding carboxylic acids is 1. The predicted molar refractivity (Wildman–Crippen MR) is 82.7 cm³/mol. The summed E-state index contributed by atoms with van der Waals surface area (Å²) in [6.45, 7) is 1.84. The number of hydrogen-bond acceptors (Lipinski definition) is 3. The van der Waals surface area contributed by atoms with Gasteiger partial charge in [-0.15, -0.1) is 11.3 Å². The van der Waals surface area contributed by atoms with E-state index in [1.54, 1.807) is 6.07 Å². The lowest BCUT2D eigenvalue weighted by Gasteiger charge is -2.09. The van der Waals surface area contributed by atoms with Crippen LogP contribution >= 0.6 is 11.3 Å². The Balaban J connectivity index is 2.23. The van der Waals surface area contributed by atoms with Crippen molar-refractivity contribution < 1.29 is 18.0 Å². The molecule has 0 saturated carbocycles. The SMILES string of the molecule is Cc1ccsc1/C=C(\C#N)C(=O)Nc1cccc(C(F)(F)F)c1. The lowest BCUT2D eigenvalue weighted by Crippen LogP contribution is -2.14. The zero-order valence-corrected chi connectivity index (χ0v) is 12.8. The predicted octanol–water partition coefficient (Wildman–Crippen LogP) is 4.62. The van der Waals surface area contributed by atoms with E-state index in [2.05, 4.69) is 5.32 Å². The molecule has 2 rings (SSSR count). The Hall–Kier alpha value is -2.59. The highest BCUT2D eigenvalue weighted by molar-refractivity contribution is 7.11. The minimum Gasteiger partial charge on any atom is -0.321 e. The van der Waals surface area contributed by atoms with Crippen LogP contribution in [0.2, 0.25) is 0 Å². The van der Waals surface area contributed by atoms with Gasteiger partial charge in [0.15, 0.2) is 0 Å². The smallest absolute Gasteiger partial charge is 0.321 e. The van der Waals surface area contributed by atoms with Crippen molar-refractivity contribution in [1.82, 2.24) is 0 Å². The summed E-state index contributed by atoms with van der Waals surface area (Å²) in [6.07, 6.45) is -3.08. The molecule has 1 heterocycles. The molecule has 3 nitrogen and oxygen atoms in total. The maximum Gasteiger partial charge on any atom is 0.416 e. The van der Waals surface area contributed by atoms with Gasteiger partial charge in [0.1, 0.15) is 11.6 Å². The highest BCUT2D eigenvalue weighted by Gasteiger charge is 2.30. The topological polar surface area (TPSA) is 52.9 Å². The van der Waals surface area contributed by atoms with Crippen LogP contribution in [0.15, 0.2) is 41.3 Å². The van der Waals surface area contributed by atoms with E-state index >= 15 is 0 Å². The fourth-order valence-corrected chi connectivity index (χ4v) is 2.64. The van der Waals surface area contributed by atoms with Crippen molar-refractivity contribution >= 4 is 29.0 Å². The molecule has 0 radical (unpaired) electrons. The molecule has 0 aliphatic rings. The van der Waals surface area contributed by atoms with Crippen LogP contribution in [0.3, 0.4) is 0 Å².